The molecule has 2 aliphatic rings. The second-order valence-electron chi connectivity index (χ2n) is 13.8. The molecule has 14 nitrogen and oxygen atoms in total. The molecule has 55 heavy (non-hydrogen) atoms. The molecule has 6 aromatic heterocycles. The molecule has 0 saturated heterocycles. The Morgan fingerprint density at radius 1 is 0.782 bits per heavy atom. The van der Waals surface area contributed by atoms with Gasteiger partial charge in [-0.15, -0.1) is 0 Å². The molecule has 6 heterocycles. The Hall–Kier alpha value is -6.58. The quantitative estimate of drug-likeness (QED) is 0.125. The highest BCUT2D eigenvalue weighted by Gasteiger charge is 2.44. The number of carbonyl (C=O) groups is 2. The number of halogens is 2. The largest absolute Gasteiger partial charge is 0.489 e. The molecule has 4 unspecified atom stereocenters. The zero-order chi connectivity index (χ0) is 38.0. The van der Waals surface area contributed by atoms with Gasteiger partial charge in [0, 0.05) is 48.1 Å². The molecule has 0 aliphatic heterocycles. The third-order valence-corrected chi connectivity index (χ3v) is 10.2. The van der Waals surface area contributed by atoms with E-state index in [4.69, 9.17) is 14.2 Å². The molecule has 2 aliphatic carbocycles. The third-order valence-electron chi connectivity index (χ3n) is 10.2. The zero-order valence-corrected chi connectivity index (χ0v) is 30.0. The molecule has 16 heteroatoms. The van der Waals surface area contributed by atoms with Gasteiger partial charge in [0.1, 0.15) is 54.3 Å². The Morgan fingerprint density at radius 3 is 1.96 bits per heavy atom. The fourth-order valence-electron chi connectivity index (χ4n) is 6.94. The number of H-pyrrole nitrogens is 1. The number of aryl methyl sites for hydroxylation is 2. The van der Waals surface area contributed by atoms with E-state index in [1.165, 1.54) is 7.11 Å². The van der Waals surface area contributed by atoms with Crippen molar-refractivity contribution in [1.82, 2.24) is 34.3 Å². The average Bonchev–Trinajstić information content (AvgIpc) is 3.95. The van der Waals surface area contributed by atoms with Crippen molar-refractivity contribution in [2.75, 3.05) is 31.0 Å². The van der Waals surface area contributed by atoms with Crippen molar-refractivity contribution >= 4 is 56.2 Å². The summed E-state index contributed by atoms with van der Waals surface area (Å²) in [6, 6.07) is 13.1. The van der Waals surface area contributed by atoms with Crippen LogP contribution in [0, 0.1) is 11.8 Å². The fourth-order valence-corrected chi connectivity index (χ4v) is 6.94. The second-order valence-corrected chi connectivity index (χ2v) is 13.8. The van der Waals surface area contributed by atoms with Crippen LogP contribution in [0.5, 0.6) is 17.4 Å². The summed E-state index contributed by atoms with van der Waals surface area (Å²) in [5.74, 6) is 0.177. The number of benzene rings is 1. The number of aromatic nitrogens is 7. The molecule has 1 aromatic carbocycles. The van der Waals surface area contributed by atoms with Crippen LogP contribution in [-0.2, 0) is 23.7 Å². The maximum absolute atomic E-state index is 13.4. The molecule has 0 radical (unpaired) electrons. The molecule has 0 spiro atoms. The van der Waals surface area contributed by atoms with Crippen LogP contribution in [0.4, 0.5) is 20.4 Å². The van der Waals surface area contributed by atoms with Gasteiger partial charge in [-0.2, -0.15) is 5.10 Å². The van der Waals surface area contributed by atoms with Crippen molar-refractivity contribution in [3.05, 3.63) is 67.3 Å². The van der Waals surface area contributed by atoms with Crippen molar-refractivity contribution in [3.63, 3.8) is 0 Å². The van der Waals surface area contributed by atoms with E-state index >= 15 is 0 Å². The molecule has 4 atom stereocenters. The minimum absolute atomic E-state index is 0.169. The van der Waals surface area contributed by atoms with Crippen molar-refractivity contribution in [2.45, 2.75) is 25.2 Å². The number of rotatable bonds is 12. The van der Waals surface area contributed by atoms with Crippen LogP contribution in [0.2, 0.25) is 0 Å². The van der Waals surface area contributed by atoms with E-state index in [1.807, 2.05) is 47.5 Å². The van der Waals surface area contributed by atoms with Crippen molar-refractivity contribution in [3.8, 4) is 39.9 Å². The predicted octanol–water partition coefficient (Wildman–Crippen LogP) is 6.12. The van der Waals surface area contributed by atoms with E-state index in [-0.39, 0.29) is 37.9 Å². The Balaban J connectivity index is 0.956. The third kappa shape index (κ3) is 6.32. The molecule has 280 valence electrons. The zero-order valence-electron chi connectivity index (χ0n) is 30.0. The number of hydrogen-bond acceptors (Lipinski definition) is 9. The number of nitrogens with one attached hydrogen (secondary N) is 3. The summed E-state index contributed by atoms with van der Waals surface area (Å²) in [5.41, 5.74) is 5.44. The standard InChI is InChI=1S/C39H35F2N9O5/c1-49-28(9-19-11-34(43-17-30(19)49)46-37(51)22-13-25(22)40)24-8-21-16-45-48-27(21)15-33(24)55-7-6-54-32-4-5-42-39(53-3)36(32)29-10-20-12-35(44-18-31(20)50(29)2)47-38(52)23-14-26(23)41/h4-5,8-12,15-18,22-23,25-26H,6-7,13-14H2,1-3H3,(H,45,48)(H,43,46,51)(H,44,47,52). The number of aromatic amines is 1. The Kier molecular flexibility index (Phi) is 8.32. The van der Waals surface area contributed by atoms with Crippen LogP contribution >= 0.6 is 0 Å². The van der Waals surface area contributed by atoms with Crippen molar-refractivity contribution in [1.29, 1.82) is 0 Å². The van der Waals surface area contributed by atoms with Gasteiger partial charge in [0.15, 0.2) is 0 Å². The molecular weight excluding hydrogens is 712 g/mol. The monoisotopic (exact) mass is 747 g/mol. The smallest absolute Gasteiger partial charge is 0.231 e. The van der Waals surface area contributed by atoms with Crippen LogP contribution in [0.15, 0.2) is 67.3 Å². The van der Waals surface area contributed by atoms with Gasteiger partial charge < -0.3 is 34.0 Å². The topological polar surface area (TPSA) is 163 Å². The highest BCUT2D eigenvalue weighted by Crippen LogP contribution is 2.41. The first-order chi connectivity index (χ1) is 26.7. The highest BCUT2D eigenvalue weighted by atomic mass is 19.1. The summed E-state index contributed by atoms with van der Waals surface area (Å²) in [5, 5.41) is 15.2. The van der Waals surface area contributed by atoms with Crippen LogP contribution < -0.4 is 24.8 Å². The van der Waals surface area contributed by atoms with Crippen molar-refractivity contribution < 1.29 is 32.6 Å². The van der Waals surface area contributed by atoms with Crippen LogP contribution in [-0.4, -0.2) is 78.8 Å². The van der Waals surface area contributed by atoms with Crippen LogP contribution in [0.25, 0.3) is 55.2 Å². The van der Waals surface area contributed by atoms with Gasteiger partial charge in [-0.1, -0.05) is 0 Å². The number of fused-ring (bicyclic) bond motifs is 3. The van der Waals surface area contributed by atoms with Crippen LogP contribution in [0.1, 0.15) is 12.8 Å². The number of amides is 2. The van der Waals surface area contributed by atoms with Gasteiger partial charge >= 0.3 is 0 Å². The maximum atomic E-state index is 13.4. The van der Waals surface area contributed by atoms with Gasteiger partial charge in [0.25, 0.3) is 0 Å². The van der Waals surface area contributed by atoms with E-state index in [0.717, 1.165) is 49.7 Å². The van der Waals surface area contributed by atoms with E-state index in [2.05, 4.69) is 35.8 Å². The summed E-state index contributed by atoms with van der Waals surface area (Å²) in [6.07, 6.45) is 4.95. The SMILES string of the molecule is COc1nccc(OCCOc2cc3[nH]ncc3cc2-c2cc3cc(NC(=O)C4CC4F)ncc3n2C)c1-c1cc2cc(NC(=O)C3CC3F)ncc2n1C. The predicted molar refractivity (Wildman–Crippen MR) is 201 cm³/mol. The lowest BCUT2D eigenvalue weighted by atomic mass is 10.1. The minimum atomic E-state index is -1.10. The summed E-state index contributed by atoms with van der Waals surface area (Å²) in [6.45, 7) is 0.347. The Bertz CT molecular complexity index is 2650. The Labute approximate surface area is 311 Å². The summed E-state index contributed by atoms with van der Waals surface area (Å²) >= 11 is 0. The summed E-state index contributed by atoms with van der Waals surface area (Å²) in [7, 11) is 5.35. The van der Waals surface area contributed by atoms with Crippen molar-refractivity contribution in [2.24, 2.45) is 25.9 Å². The fraction of sp³-hybridized carbons (Fsp3) is 0.282. The van der Waals surface area contributed by atoms with Gasteiger partial charge in [-0.25, -0.2) is 23.7 Å². The highest BCUT2D eigenvalue weighted by molar-refractivity contribution is 5.98. The number of nitrogens with zero attached hydrogens (tertiary/aromatic N) is 6. The van der Waals surface area contributed by atoms with Gasteiger partial charge in [0.05, 0.1) is 65.5 Å². The van der Waals surface area contributed by atoms with E-state index < -0.39 is 24.2 Å². The van der Waals surface area contributed by atoms with Gasteiger partial charge in [0.2, 0.25) is 17.7 Å². The molecule has 3 N–H and O–H groups in total. The minimum Gasteiger partial charge on any atom is -0.489 e. The average molecular weight is 748 g/mol. The summed E-state index contributed by atoms with van der Waals surface area (Å²) < 4.78 is 49.2. The number of carbonyl (C=O) groups excluding carboxylic acids is 2. The number of pyridine rings is 3. The normalized spacial score (nSPS) is 18.8. The van der Waals surface area contributed by atoms with Gasteiger partial charge in [-0.3, -0.25) is 14.7 Å². The first-order valence-corrected chi connectivity index (χ1v) is 17.7. The maximum Gasteiger partial charge on any atom is 0.231 e. The lowest BCUT2D eigenvalue weighted by Gasteiger charge is -2.16. The van der Waals surface area contributed by atoms with E-state index in [9.17, 15) is 18.4 Å². The first kappa shape index (κ1) is 34.2. The molecule has 2 amide bonds. The van der Waals surface area contributed by atoms with E-state index in [1.54, 1.807) is 43.0 Å². The number of anilines is 2. The van der Waals surface area contributed by atoms with Gasteiger partial charge in [-0.05, 0) is 49.2 Å². The first-order valence-electron chi connectivity index (χ1n) is 17.7. The molecule has 2 fully saturated rings. The molecule has 7 aromatic rings. The lowest BCUT2D eigenvalue weighted by molar-refractivity contribution is -0.118. The number of methoxy groups -OCH3 is 1. The number of hydrogen-bond donors (Lipinski definition) is 3. The molecule has 2 saturated carbocycles. The van der Waals surface area contributed by atoms with E-state index in [0.29, 0.717) is 34.6 Å². The Morgan fingerprint density at radius 2 is 1.36 bits per heavy atom. The number of alkyl halides is 2. The lowest BCUT2D eigenvalue weighted by Crippen LogP contribution is -2.15. The molecule has 9 rings (SSSR count). The molecular formula is C39H35F2N9O5. The summed E-state index contributed by atoms with van der Waals surface area (Å²) in [4.78, 5) is 37.9. The van der Waals surface area contributed by atoms with Crippen LogP contribution in [0.3, 0.4) is 0 Å². The second kappa shape index (κ2) is 13.4. The molecule has 0 bridgehead atoms. The number of ether oxygens (including phenoxy) is 3.